The first kappa shape index (κ1) is 13.6. The fourth-order valence-electron chi connectivity index (χ4n) is 2.58. The van der Waals surface area contributed by atoms with Crippen LogP contribution in [0.3, 0.4) is 0 Å². The van der Waals surface area contributed by atoms with Gasteiger partial charge in [0.05, 0.1) is 4.88 Å². The van der Waals surface area contributed by atoms with Crippen LogP contribution in [0, 0.1) is 0 Å². The van der Waals surface area contributed by atoms with Crippen LogP contribution in [-0.4, -0.2) is 42.1 Å². The molecule has 1 aromatic carbocycles. The number of nitrogens with zero attached hydrogens (tertiary/aromatic N) is 3. The smallest absolute Gasteiger partial charge is 0.185 e. The minimum atomic E-state index is 0.647. The first-order valence-electron chi connectivity index (χ1n) is 7.24. The van der Waals surface area contributed by atoms with E-state index in [1.807, 2.05) is 6.20 Å². The van der Waals surface area contributed by atoms with Crippen molar-refractivity contribution in [3.63, 3.8) is 0 Å². The maximum absolute atomic E-state index is 4.61. The summed E-state index contributed by atoms with van der Waals surface area (Å²) in [6, 6.07) is 11.2. The molecule has 2 heterocycles. The number of benzene rings is 1. The summed E-state index contributed by atoms with van der Waals surface area (Å²) in [5.74, 6) is 0. The van der Waals surface area contributed by atoms with Crippen molar-refractivity contribution in [1.82, 2.24) is 9.88 Å². The van der Waals surface area contributed by atoms with Gasteiger partial charge in [-0.05, 0) is 19.4 Å². The topological polar surface area (TPSA) is 19.4 Å². The average Bonchev–Trinajstić information content (AvgIpc) is 2.98. The second kappa shape index (κ2) is 5.94. The lowest BCUT2D eigenvalue weighted by Gasteiger charge is -2.36. The lowest BCUT2D eigenvalue weighted by atomic mass is 10.2. The van der Waals surface area contributed by atoms with Crippen LogP contribution in [0.15, 0.2) is 36.5 Å². The van der Waals surface area contributed by atoms with Gasteiger partial charge in [0.25, 0.3) is 0 Å². The monoisotopic (exact) mass is 287 g/mol. The van der Waals surface area contributed by atoms with Gasteiger partial charge in [-0.1, -0.05) is 41.7 Å². The Morgan fingerprint density at radius 3 is 2.40 bits per heavy atom. The van der Waals surface area contributed by atoms with E-state index >= 15 is 0 Å². The molecule has 0 radical (unpaired) electrons. The third-order valence-electron chi connectivity index (χ3n) is 3.87. The molecule has 0 N–H and O–H groups in total. The summed E-state index contributed by atoms with van der Waals surface area (Å²) in [6.07, 6.45) is 2.00. The molecule has 0 spiro atoms. The maximum Gasteiger partial charge on any atom is 0.185 e. The van der Waals surface area contributed by atoms with E-state index in [2.05, 4.69) is 59.0 Å². The van der Waals surface area contributed by atoms with Crippen molar-refractivity contribution in [1.29, 1.82) is 0 Å². The quantitative estimate of drug-likeness (QED) is 0.863. The van der Waals surface area contributed by atoms with Crippen LogP contribution in [0.4, 0.5) is 5.13 Å². The molecule has 2 aromatic rings. The van der Waals surface area contributed by atoms with E-state index in [-0.39, 0.29) is 0 Å². The van der Waals surface area contributed by atoms with Crippen molar-refractivity contribution >= 4 is 16.5 Å². The summed E-state index contributed by atoms with van der Waals surface area (Å²) in [6.45, 7) is 8.98. The second-order valence-corrected chi connectivity index (χ2v) is 6.50. The van der Waals surface area contributed by atoms with Crippen molar-refractivity contribution in [2.24, 2.45) is 0 Å². The van der Waals surface area contributed by atoms with Crippen LogP contribution in [0.2, 0.25) is 0 Å². The van der Waals surface area contributed by atoms with Gasteiger partial charge < -0.3 is 4.90 Å². The van der Waals surface area contributed by atoms with Crippen LogP contribution >= 0.6 is 11.3 Å². The van der Waals surface area contributed by atoms with Crippen LogP contribution in [-0.2, 0) is 0 Å². The van der Waals surface area contributed by atoms with Crippen molar-refractivity contribution in [3.8, 4) is 10.4 Å². The molecule has 1 aromatic heterocycles. The number of thiazole rings is 1. The highest BCUT2D eigenvalue weighted by Crippen LogP contribution is 2.31. The fourth-order valence-corrected chi connectivity index (χ4v) is 3.55. The Morgan fingerprint density at radius 1 is 1.05 bits per heavy atom. The summed E-state index contributed by atoms with van der Waals surface area (Å²) >= 11 is 1.80. The Balaban J connectivity index is 1.69. The van der Waals surface area contributed by atoms with Crippen molar-refractivity contribution in [3.05, 3.63) is 36.5 Å². The molecule has 0 atom stereocenters. The fraction of sp³-hybridized carbons (Fsp3) is 0.438. The third kappa shape index (κ3) is 2.86. The number of piperazine rings is 1. The van der Waals surface area contributed by atoms with E-state index in [1.54, 1.807) is 11.3 Å². The summed E-state index contributed by atoms with van der Waals surface area (Å²) in [4.78, 5) is 10.8. The Bertz CT molecular complexity index is 542. The number of hydrogen-bond acceptors (Lipinski definition) is 4. The van der Waals surface area contributed by atoms with Crippen LogP contribution < -0.4 is 4.90 Å². The van der Waals surface area contributed by atoms with E-state index in [4.69, 9.17) is 0 Å². The predicted molar refractivity (Wildman–Crippen MR) is 86.5 cm³/mol. The van der Waals surface area contributed by atoms with Gasteiger partial charge in [-0.3, -0.25) is 4.90 Å². The van der Waals surface area contributed by atoms with E-state index in [0.717, 1.165) is 31.3 Å². The molecule has 0 bridgehead atoms. The summed E-state index contributed by atoms with van der Waals surface area (Å²) in [7, 11) is 0. The Labute approximate surface area is 124 Å². The Morgan fingerprint density at radius 2 is 1.75 bits per heavy atom. The molecule has 3 rings (SSSR count). The zero-order chi connectivity index (χ0) is 13.9. The third-order valence-corrected chi connectivity index (χ3v) is 4.97. The molecule has 20 heavy (non-hydrogen) atoms. The van der Waals surface area contributed by atoms with Crippen molar-refractivity contribution in [2.45, 2.75) is 19.9 Å². The molecule has 1 aliphatic heterocycles. The summed E-state index contributed by atoms with van der Waals surface area (Å²) in [5.41, 5.74) is 1.26. The first-order chi connectivity index (χ1) is 9.74. The normalized spacial score (nSPS) is 16.9. The van der Waals surface area contributed by atoms with E-state index in [9.17, 15) is 0 Å². The van der Waals surface area contributed by atoms with Gasteiger partial charge in [-0.2, -0.15) is 0 Å². The van der Waals surface area contributed by atoms with Gasteiger partial charge >= 0.3 is 0 Å². The van der Waals surface area contributed by atoms with Gasteiger partial charge in [0.1, 0.15) is 0 Å². The molecule has 1 aliphatic rings. The Kier molecular flexibility index (Phi) is 4.03. The molecule has 0 unspecified atom stereocenters. The molecule has 0 amide bonds. The zero-order valence-corrected chi connectivity index (χ0v) is 12.9. The van der Waals surface area contributed by atoms with E-state index in [0.29, 0.717) is 6.04 Å². The minimum absolute atomic E-state index is 0.647. The van der Waals surface area contributed by atoms with E-state index < -0.39 is 0 Å². The minimum Gasteiger partial charge on any atom is -0.346 e. The van der Waals surface area contributed by atoms with Crippen LogP contribution in [0.5, 0.6) is 0 Å². The predicted octanol–water partition coefficient (Wildman–Crippen LogP) is 3.34. The molecule has 3 nitrogen and oxygen atoms in total. The number of aromatic nitrogens is 1. The van der Waals surface area contributed by atoms with Crippen molar-refractivity contribution < 1.29 is 0 Å². The number of rotatable bonds is 3. The molecular weight excluding hydrogens is 266 g/mol. The molecule has 0 aliphatic carbocycles. The van der Waals surface area contributed by atoms with Gasteiger partial charge in [0.2, 0.25) is 0 Å². The maximum atomic E-state index is 4.61. The summed E-state index contributed by atoms with van der Waals surface area (Å²) in [5, 5.41) is 1.16. The number of anilines is 1. The molecule has 0 saturated carbocycles. The van der Waals surface area contributed by atoms with Crippen LogP contribution in [0.25, 0.3) is 10.4 Å². The van der Waals surface area contributed by atoms with E-state index in [1.165, 1.54) is 10.4 Å². The number of hydrogen-bond donors (Lipinski definition) is 0. The molecule has 1 fully saturated rings. The molecule has 4 heteroatoms. The highest BCUT2D eigenvalue weighted by atomic mass is 32.1. The van der Waals surface area contributed by atoms with Gasteiger partial charge in [0.15, 0.2) is 5.13 Å². The van der Waals surface area contributed by atoms with Gasteiger partial charge in [-0.25, -0.2) is 4.98 Å². The molecular formula is C16H21N3S. The highest BCUT2D eigenvalue weighted by Gasteiger charge is 2.20. The molecule has 106 valence electrons. The van der Waals surface area contributed by atoms with Gasteiger partial charge in [-0.15, -0.1) is 0 Å². The zero-order valence-electron chi connectivity index (χ0n) is 12.1. The van der Waals surface area contributed by atoms with Crippen molar-refractivity contribution in [2.75, 3.05) is 31.1 Å². The highest BCUT2D eigenvalue weighted by molar-refractivity contribution is 7.18. The van der Waals surface area contributed by atoms with Crippen LogP contribution in [0.1, 0.15) is 13.8 Å². The largest absolute Gasteiger partial charge is 0.346 e. The second-order valence-electron chi connectivity index (χ2n) is 5.49. The lowest BCUT2D eigenvalue weighted by molar-refractivity contribution is 0.209. The molecule has 1 saturated heterocycles. The summed E-state index contributed by atoms with van der Waals surface area (Å²) < 4.78 is 0. The average molecular weight is 287 g/mol. The Hall–Kier alpha value is -1.39. The standard InChI is InChI=1S/C16H21N3S/c1-13(2)18-8-10-19(11-9-18)16-17-12-15(20-16)14-6-4-3-5-7-14/h3-7,12-13H,8-11H2,1-2H3. The van der Waals surface area contributed by atoms with Gasteiger partial charge in [0, 0.05) is 38.4 Å². The lowest BCUT2D eigenvalue weighted by Crippen LogP contribution is -2.48. The SMILES string of the molecule is CC(C)N1CCN(c2ncc(-c3ccccc3)s2)CC1. The first-order valence-corrected chi connectivity index (χ1v) is 8.06.